The molecule has 1 aromatic heterocycles. The van der Waals surface area contributed by atoms with E-state index in [9.17, 15) is 14.0 Å². The second kappa shape index (κ2) is 8.67. The molecule has 7 nitrogen and oxygen atoms in total. The molecule has 0 atom stereocenters. The highest BCUT2D eigenvalue weighted by atomic mass is 19.1. The van der Waals surface area contributed by atoms with Crippen LogP contribution in [0.3, 0.4) is 0 Å². The third kappa shape index (κ3) is 3.72. The number of carbonyl (C=O) groups excluding carboxylic acids is 1. The Hall–Kier alpha value is -3.13. The van der Waals surface area contributed by atoms with E-state index < -0.39 is 5.54 Å². The number of amides is 1. The molecule has 2 saturated heterocycles. The first-order valence-electron chi connectivity index (χ1n) is 11.7. The third-order valence-electron chi connectivity index (χ3n) is 7.26. The number of halogens is 1. The number of para-hydroxylation sites is 3. The Morgan fingerprint density at radius 3 is 2.48 bits per heavy atom. The molecule has 5 rings (SSSR count). The van der Waals surface area contributed by atoms with Crippen LogP contribution in [-0.4, -0.2) is 63.6 Å². The summed E-state index contributed by atoms with van der Waals surface area (Å²) >= 11 is 0. The maximum atomic E-state index is 14.6. The fourth-order valence-corrected chi connectivity index (χ4v) is 5.41. The first-order chi connectivity index (χ1) is 16.0. The fourth-order valence-electron chi connectivity index (χ4n) is 5.41. The van der Waals surface area contributed by atoms with Gasteiger partial charge in [0.15, 0.2) is 0 Å². The number of aromatic nitrogens is 2. The summed E-state index contributed by atoms with van der Waals surface area (Å²) in [5, 5.41) is 0. The summed E-state index contributed by atoms with van der Waals surface area (Å²) in [6.45, 7) is 6.07. The maximum absolute atomic E-state index is 14.6. The number of likely N-dealkylation sites (tertiary alicyclic amines) is 1. The lowest BCUT2D eigenvalue weighted by molar-refractivity contribution is -0.133. The number of piperidine rings is 1. The second-order valence-corrected chi connectivity index (χ2v) is 9.01. The molecule has 0 bridgehead atoms. The van der Waals surface area contributed by atoms with Gasteiger partial charge in [0.1, 0.15) is 11.4 Å². The number of imidazole rings is 1. The van der Waals surface area contributed by atoms with E-state index in [4.69, 9.17) is 0 Å². The zero-order chi connectivity index (χ0) is 23.0. The lowest BCUT2D eigenvalue weighted by atomic mass is 9.85. The summed E-state index contributed by atoms with van der Waals surface area (Å²) in [5.74, 6) is -0.174. The molecule has 174 valence electrons. The molecule has 1 amide bonds. The van der Waals surface area contributed by atoms with Gasteiger partial charge < -0.3 is 19.7 Å². The normalized spacial score (nSPS) is 18.7. The molecule has 0 aliphatic carbocycles. The molecule has 2 aliphatic rings. The monoisotopic (exact) mass is 451 g/mol. The molecular weight excluding hydrogens is 421 g/mol. The van der Waals surface area contributed by atoms with Crippen LogP contribution in [0.1, 0.15) is 26.2 Å². The third-order valence-corrected chi connectivity index (χ3v) is 7.26. The Kier molecular flexibility index (Phi) is 5.70. The number of carbonyl (C=O) groups is 1. The van der Waals surface area contributed by atoms with Crippen LogP contribution in [-0.2, 0) is 11.3 Å². The zero-order valence-corrected chi connectivity index (χ0v) is 19.0. The fraction of sp³-hybridized carbons (Fsp3) is 0.440. The van der Waals surface area contributed by atoms with Gasteiger partial charge in [-0.2, -0.15) is 0 Å². The smallest absolute Gasteiger partial charge is 0.326 e. The van der Waals surface area contributed by atoms with Crippen molar-refractivity contribution in [3.63, 3.8) is 0 Å². The van der Waals surface area contributed by atoms with Crippen molar-refractivity contribution in [1.29, 1.82) is 0 Å². The number of hydrogen-bond acceptors (Lipinski definition) is 4. The van der Waals surface area contributed by atoms with E-state index in [0.29, 0.717) is 38.3 Å². The highest BCUT2D eigenvalue weighted by Gasteiger charge is 2.53. The van der Waals surface area contributed by atoms with Crippen LogP contribution in [0.25, 0.3) is 11.0 Å². The minimum atomic E-state index is -0.678. The van der Waals surface area contributed by atoms with Gasteiger partial charge in [0.05, 0.1) is 23.4 Å². The van der Waals surface area contributed by atoms with E-state index in [1.165, 1.54) is 6.07 Å². The van der Waals surface area contributed by atoms with E-state index in [-0.39, 0.29) is 17.4 Å². The van der Waals surface area contributed by atoms with Gasteiger partial charge in [-0.3, -0.25) is 9.36 Å². The molecule has 3 aromatic rings. The van der Waals surface area contributed by atoms with E-state index in [2.05, 4.69) is 9.88 Å². The molecule has 0 radical (unpaired) electrons. The lowest BCUT2D eigenvalue weighted by Gasteiger charge is -2.43. The van der Waals surface area contributed by atoms with Crippen LogP contribution in [0.4, 0.5) is 10.1 Å². The number of nitrogens with one attached hydrogen (secondary N) is 1. The van der Waals surface area contributed by atoms with Crippen molar-refractivity contribution < 1.29 is 9.18 Å². The van der Waals surface area contributed by atoms with Crippen molar-refractivity contribution in [3.05, 3.63) is 64.8 Å². The number of fused-ring (bicyclic) bond motifs is 1. The number of H-pyrrole nitrogens is 1. The van der Waals surface area contributed by atoms with Gasteiger partial charge in [-0.25, -0.2) is 9.18 Å². The van der Waals surface area contributed by atoms with Gasteiger partial charge >= 0.3 is 5.69 Å². The SMILES string of the molecule is CCN1CN(c2ccccc2F)C2(CCN(CCCn3c(=O)[nH]c4ccccc43)CC2)C1=O. The number of likely N-dealkylation sites (N-methyl/N-ethyl adjacent to an activating group) is 1. The quantitative estimate of drug-likeness (QED) is 0.626. The summed E-state index contributed by atoms with van der Waals surface area (Å²) < 4.78 is 16.4. The molecule has 33 heavy (non-hydrogen) atoms. The average Bonchev–Trinajstić information content (AvgIpc) is 3.29. The Balaban J connectivity index is 1.26. The van der Waals surface area contributed by atoms with E-state index in [0.717, 1.165) is 37.1 Å². The molecule has 8 heteroatoms. The molecular formula is C25H30FN5O2. The van der Waals surface area contributed by atoms with Crippen molar-refractivity contribution in [2.45, 2.75) is 38.3 Å². The van der Waals surface area contributed by atoms with Crippen LogP contribution in [0.5, 0.6) is 0 Å². The van der Waals surface area contributed by atoms with Gasteiger partial charge in [-0.1, -0.05) is 24.3 Å². The molecule has 1 N–H and O–H groups in total. The molecule has 0 unspecified atom stereocenters. The summed E-state index contributed by atoms with van der Waals surface area (Å²) in [6, 6.07) is 14.5. The van der Waals surface area contributed by atoms with Gasteiger partial charge in [-0.05, 0) is 57.0 Å². The maximum Gasteiger partial charge on any atom is 0.326 e. The van der Waals surface area contributed by atoms with Crippen LogP contribution in [0, 0.1) is 5.82 Å². The highest BCUT2D eigenvalue weighted by Crippen LogP contribution is 2.40. The minimum absolute atomic E-state index is 0.0782. The van der Waals surface area contributed by atoms with Crippen LogP contribution < -0.4 is 10.6 Å². The van der Waals surface area contributed by atoms with Crippen molar-refractivity contribution in [1.82, 2.24) is 19.4 Å². The predicted molar refractivity (Wildman–Crippen MR) is 127 cm³/mol. The summed E-state index contributed by atoms with van der Waals surface area (Å²) in [6.07, 6.45) is 2.19. The molecule has 2 fully saturated rings. The number of aromatic amines is 1. The Morgan fingerprint density at radius 2 is 1.73 bits per heavy atom. The van der Waals surface area contributed by atoms with Crippen LogP contribution >= 0.6 is 0 Å². The van der Waals surface area contributed by atoms with E-state index in [1.807, 2.05) is 47.1 Å². The Labute approximate surface area is 192 Å². The second-order valence-electron chi connectivity index (χ2n) is 9.01. The number of aryl methyl sites for hydroxylation is 1. The van der Waals surface area contributed by atoms with Gasteiger partial charge in [0, 0.05) is 26.2 Å². The number of anilines is 1. The van der Waals surface area contributed by atoms with Crippen molar-refractivity contribution in [2.75, 3.05) is 37.7 Å². The molecule has 0 saturated carbocycles. The molecule has 2 aromatic carbocycles. The first-order valence-corrected chi connectivity index (χ1v) is 11.7. The van der Waals surface area contributed by atoms with Gasteiger partial charge in [0.2, 0.25) is 5.91 Å². The molecule has 1 spiro atoms. The topological polar surface area (TPSA) is 64.6 Å². The van der Waals surface area contributed by atoms with Crippen molar-refractivity contribution >= 4 is 22.6 Å². The van der Waals surface area contributed by atoms with Crippen molar-refractivity contribution in [2.24, 2.45) is 0 Å². The van der Waals surface area contributed by atoms with Gasteiger partial charge in [0.25, 0.3) is 0 Å². The predicted octanol–water partition coefficient (Wildman–Crippen LogP) is 3.02. The van der Waals surface area contributed by atoms with Crippen molar-refractivity contribution in [3.8, 4) is 0 Å². The number of nitrogens with zero attached hydrogens (tertiary/aromatic N) is 4. The van der Waals surface area contributed by atoms with Crippen LogP contribution in [0.15, 0.2) is 53.3 Å². The largest absolute Gasteiger partial charge is 0.336 e. The molecule has 2 aliphatic heterocycles. The Morgan fingerprint density at radius 1 is 1.00 bits per heavy atom. The minimum Gasteiger partial charge on any atom is -0.336 e. The standard InChI is InChI=1S/C25H30FN5O2/c1-2-29-18-31(21-10-5-3-8-19(21)26)25(23(29)32)12-16-28(17-13-25)14-7-15-30-22-11-6-4-9-20(22)27-24(30)33/h3-6,8-11H,2,7,12-18H2,1H3,(H,27,33). The lowest BCUT2D eigenvalue weighted by Crippen LogP contribution is -2.56. The first kappa shape index (κ1) is 21.7. The summed E-state index contributed by atoms with van der Waals surface area (Å²) in [7, 11) is 0. The van der Waals surface area contributed by atoms with Gasteiger partial charge in [-0.15, -0.1) is 0 Å². The highest BCUT2D eigenvalue weighted by molar-refractivity contribution is 5.93. The zero-order valence-electron chi connectivity index (χ0n) is 19.0. The number of rotatable bonds is 6. The van der Waals surface area contributed by atoms with E-state index >= 15 is 0 Å². The molecule has 3 heterocycles. The summed E-state index contributed by atoms with van der Waals surface area (Å²) in [4.78, 5) is 34.7. The average molecular weight is 452 g/mol. The number of hydrogen-bond donors (Lipinski definition) is 1. The Bertz CT molecular complexity index is 1210. The number of benzene rings is 2. The van der Waals surface area contributed by atoms with Crippen LogP contribution in [0.2, 0.25) is 0 Å². The summed E-state index contributed by atoms with van der Waals surface area (Å²) in [5.41, 5.74) is 1.54. The van der Waals surface area contributed by atoms with E-state index in [1.54, 1.807) is 16.7 Å².